The predicted molar refractivity (Wildman–Crippen MR) is 123 cm³/mol. The van der Waals surface area contributed by atoms with E-state index >= 15 is 0 Å². The second-order valence-corrected chi connectivity index (χ2v) is 7.60. The maximum absolute atomic E-state index is 12.7. The van der Waals surface area contributed by atoms with Gasteiger partial charge in [-0.05, 0) is 48.0 Å². The van der Waals surface area contributed by atoms with Gasteiger partial charge in [0.05, 0.1) is 13.2 Å². The SMILES string of the molecule is COc1ccc(C(=O)NC[C@@H](c2cccnc2)N2CCN(c3ccccc3)CC2)cc1. The van der Waals surface area contributed by atoms with E-state index in [0.717, 1.165) is 37.5 Å². The van der Waals surface area contributed by atoms with Gasteiger partial charge in [0.1, 0.15) is 5.75 Å². The average Bonchev–Trinajstić information content (AvgIpc) is 2.85. The number of anilines is 1. The van der Waals surface area contributed by atoms with Crippen LogP contribution in [0.4, 0.5) is 5.69 Å². The van der Waals surface area contributed by atoms with E-state index in [-0.39, 0.29) is 11.9 Å². The topological polar surface area (TPSA) is 57.7 Å². The van der Waals surface area contributed by atoms with Crippen LogP contribution in [0.3, 0.4) is 0 Å². The van der Waals surface area contributed by atoms with E-state index < -0.39 is 0 Å². The molecule has 4 rings (SSSR count). The van der Waals surface area contributed by atoms with E-state index in [4.69, 9.17) is 4.74 Å². The van der Waals surface area contributed by atoms with Crippen LogP contribution in [0.1, 0.15) is 22.0 Å². The summed E-state index contributed by atoms with van der Waals surface area (Å²) in [5, 5.41) is 3.11. The van der Waals surface area contributed by atoms with E-state index in [9.17, 15) is 4.79 Å². The number of nitrogens with zero attached hydrogens (tertiary/aromatic N) is 3. The molecule has 6 heteroatoms. The van der Waals surface area contributed by atoms with Crippen molar-refractivity contribution in [1.29, 1.82) is 0 Å². The number of para-hydroxylation sites is 1. The van der Waals surface area contributed by atoms with Crippen LogP contribution in [0.25, 0.3) is 0 Å². The summed E-state index contributed by atoms with van der Waals surface area (Å²) in [7, 11) is 1.62. The molecule has 1 aliphatic heterocycles. The minimum atomic E-state index is -0.0838. The molecule has 1 atom stereocenters. The highest BCUT2D eigenvalue weighted by molar-refractivity contribution is 5.94. The number of benzene rings is 2. The van der Waals surface area contributed by atoms with Crippen molar-refractivity contribution in [3.8, 4) is 5.75 Å². The lowest BCUT2D eigenvalue weighted by atomic mass is 10.1. The standard InChI is InChI=1S/C25H28N4O2/c1-31-23-11-9-20(10-12-23)25(30)27-19-24(21-6-5-13-26-18-21)29-16-14-28(15-17-29)22-7-3-2-4-8-22/h2-13,18,24H,14-17,19H2,1H3,(H,27,30)/t24-/m0/s1. The highest BCUT2D eigenvalue weighted by atomic mass is 16.5. The first-order valence-electron chi connectivity index (χ1n) is 10.6. The van der Waals surface area contributed by atoms with Crippen LogP contribution in [-0.2, 0) is 0 Å². The molecular weight excluding hydrogens is 388 g/mol. The minimum Gasteiger partial charge on any atom is -0.497 e. The Kier molecular flexibility index (Phi) is 6.79. The summed E-state index contributed by atoms with van der Waals surface area (Å²) in [5.41, 5.74) is 3.00. The Balaban J connectivity index is 1.42. The Hall–Kier alpha value is -3.38. The zero-order valence-electron chi connectivity index (χ0n) is 17.8. The van der Waals surface area contributed by atoms with Gasteiger partial charge in [0, 0.05) is 56.4 Å². The number of methoxy groups -OCH3 is 1. The highest BCUT2D eigenvalue weighted by Gasteiger charge is 2.26. The Bertz CT molecular complexity index is 956. The van der Waals surface area contributed by atoms with E-state index in [0.29, 0.717) is 12.1 Å². The lowest BCUT2D eigenvalue weighted by Gasteiger charge is -2.40. The molecule has 3 aromatic rings. The maximum atomic E-state index is 12.7. The van der Waals surface area contributed by atoms with Crippen LogP contribution >= 0.6 is 0 Å². The second kappa shape index (κ2) is 10.1. The van der Waals surface area contributed by atoms with E-state index in [1.807, 2.05) is 18.3 Å². The molecule has 1 aromatic heterocycles. The summed E-state index contributed by atoms with van der Waals surface area (Å²) < 4.78 is 5.18. The molecule has 1 saturated heterocycles. The normalized spacial score (nSPS) is 15.3. The van der Waals surface area contributed by atoms with E-state index in [1.54, 1.807) is 37.6 Å². The van der Waals surface area contributed by atoms with Crippen molar-refractivity contribution in [2.45, 2.75) is 6.04 Å². The monoisotopic (exact) mass is 416 g/mol. The van der Waals surface area contributed by atoms with Crippen LogP contribution in [0, 0.1) is 0 Å². The maximum Gasteiger partial charge on any atom is 0.251 e. The van der Waals surface area contributed by atoms with Crippen molar-refractivity contribution in [1.82, 2.24) is 15.2 Å². The van der Waals surface area contributed by atoms with E-state index in [2.05, 4.69) is 50.4 Å². The minimum absolute atomic E-state index is 0.0776. The molecule has 2 aromatic carbocycles. The smallest absolute Gasteiger partial charge is 0.251 e. The molecule has 6 nitrogen and oxygen atoms in total. The van der Waals surface area contributed by atoms with Crippen LogP contribution in [0.15, 0.2) is 79.1 Å². The summed E-state index contributed by atoms with van der Waals surface area (Å²) in [6.45, 7) is 4.28. The molecule has 1 N–H and O–H groups in total. The molecule has 0 radical (unpaired) electrons. The molecule has 0 saturated carbocycles. The molecule has 160 valence electrons. The third-order valence-corrected chi connectivity index (χ3v) is 5.75. The summed E-state index contributed by atoms with van der Waals surface area (Å²) in [6.07, 6.45) is 3.68. The molecule has 1 fully saturated rings. The van der Waals surface area contributed by atoms with Crippen LogP contribution in [0.5, 0.6) is 5.75 Å². The number of nitrogens with one attached hydrogen (secondary N) is 1. The molecule has 31 heavy (non-hydrogen) atoms. The molecule has 0 bridgehead atoms. The molecule has 1 amide bonds. The number of aromatic nitrogens is 1. The number of carbonyl (C=O) groups excluding carboxylic acids is 1. The van der Waals surface area contributed by atoms with Crippen molar-refractivity contribution in [3.63, 3.8) is 0 Å². The van der Waals surface area contributed by atoms with Gasteiger partial charge in [-0.1, -0.05) is 24.3 Å². The zero-order valence-corrected chi connectivity index (χ0v) is 17.8. The van der Waals surface area contributed by atoms with Gasteiger partial charge in [0.2, 0.25) is 0 Å². The number of pyridine rings is 1. The zero-order chi connectivity index (χ0) is 21.5. The molecule has 0 aliphatic carbocycles. The van der Waals surface area contributed by atoms with Crippen molar-refractivity contribution >= 4 is 11.6 Å². The quantitative estimate of drug-likeness (QED) is 0.640. The van der Waals surface area contributed by atoms with Gasteiger partial charge in [0.15, 0.2) is 0 Å². The number of rotatable bonds is 7. The fourth-order valence-corrected chi connectivity index (χ4v) is 4.00. The van der Waals surface area contributed by atoms with Gasteiger partial charge in [-0.3, -0.25) is 14.7 Å². The third-order valence-electron chi connectivity index (χ3n) is 5.75. The number of carbonyl (C=O) groups is 1. The van der Waals surface area contributed by atoms with Crippen molar-refractivity contribution in [3.05, 3.63) is 90.3 Å². The van der Waals surface area contributed by atoms with Crippen LogP contribution in [-0.4, -0.2) is 55.6 Å². The van der Waals surface area contributed by atoms with Crippen molar-refractivity contribution in [2.24, 2.45) is 0 Å². The summed E-state index contributed by atoms with van der Waals surface area (Å²) in [6, 6.07) is 21.8. The van der Waals surface area contributed by atoms with Gasteiger partial charge >= 0.3 is 0 Å². The Morgan fingerprint density at radius 1 is 1.00 bits per heavy atom. The summed E-state index contributed by atoms with van der Waals surface area (Å²) in [5.74, 6) is 0.653. The first-order valence-corrected chi connectivity index (χ1v) is 10.6. The average molecular weight is 417 g/mol. The third kappa shape index (κ3) is 5.22. The van der Waals surface area contributed by atoms with Crippen molar-refractivity contribution < 1.29 is 9.53 Å². The van der Waals surface area contributed by atoms with Gasteiger partial charge in [-0.15, -0.1) is 0 Å². The van der Waals surface area contributed by atoms with Gasteiger partial charge in [-0.2, -0.15) is 0 Å². The Morgan fingerprint density at radius 2 is 1.74 bits per heavy atom. The molecule has 1 aliphatic rings. The fraction of sp³-hybridized carbons (Fsp3) is 0.280. The predicted octanol–water partition coefficient (Wildman–Crippen LogP) is 3.38. The van der Waals surface area contributed by atoms with E-state index in [1.165, 1.54) is 5.69 Å². The molecule has 0 spiro atoms. The lowest BCUT2D eigenvalue weighted by molar-refractivity contribution is 0.0930. The van der Waals surface area contributed by atoms with Gasteiger partial charge < -0.3 is 15.0 Å². The first kappa shape index (κ1) is 20.9. The summed E-state index contributed by atoms with van der Waals surface area (Å²) in [4.78, 5) is 21.9. The first-order chi connectivity index (χ1) is 15.2. The van der Waals surface area contributed by atoms with Crippen molar-refractivity contribution in [2.75, 3.05) is 44.7 Å². The fourth-order valence-electron chi connectivity index (χ4n) is 4.00. The Morgan fingerprint density at radius 3 is 2.39 bits per heavy atom. The lowest BCUT2D eigenvalue weighted by Crippen LogP contribution is -2.50. The number of piperazine rings is 1. The largest absolute Gasteiger partial charge is 0.497 e. The van der Waals surface area contributed by atoms with Crippen LogP contribution < -0.4 is 15.0 Å². The van der Waals surface area contributed by atoms with Gasteiger partial charge in [0.25, 0.3) is 5.91 Å². The number of hydrogen-bond acceptors (Lipinski definition) is 5. The van der Waals surface area contributed by atoms with Gasteiger partial charge in [-0.25, -0.2) is 0 Å². The number of hydrogen-bond donors (Lipinski definition) is 1. The number of ether oxygens (including phenoxy) is 1. The van der Waals surface area contributed by atoms with Crippen LogP contribution in [0.2, 0.25) is 0 Å². The Labute approximate surface area is 183 Å². The molecule has 0 unspecified atom stereocenters. The highest BCUT2D eigenvalue weighted by Crippen LogP contribution is 2.23. The summed E-state index contributed by atoms with van der Waals surface area (Å²) >= 11 is 0. The number of amides is 1. The molecule has 2 heterocycles. The molecular formula is C25H28N4O2. The second-order valence-electron chi connectivity index (χ2n) is 7.60.